The van der Waals surface area contributed by atoms with Crippen LogP contribution in [0.2, 0.25) is 0 Å². The zero-order valence-corrected chi connectivity index (χ0v) is 15.0. The van der Waals surface area contributed by atoms with Crippen LogP contribution in [0.15, 0.2) is 66.5 Å². The first-order valence-electron chi connectivity index (χ1n) is 8.98. The summed E-state index contributed by atoms with van der Waals surface area (Å²) in [5, 5.41) is 8.48. The van der Waals surface area contributed by atoms with Gasteiger partial charge in [-0.2, -0.15) is 0 Å². The maximum Gasteiger partial charge on any atom is 0.303 e. The lowest BCUT2D eigenvalue weighted by molar-refractivity contribution is -0.136. The van der Waals surface area contributed by atoms with Crippen LogP contribution in [0.5, 0.6) is 0 Å². The molecule has 0 rings (SSSR count). The molecule has 0 aromatic heterocycles. The third-order valence-corrected chi connectivity index (χ3v) is 3.18. The molecule has 0 amide bonds. The van der Waals surface area contributed by atoms with E-state index < -0.39 is 5.97 Å². The van der Waals surface area contributed by atoms with E-state index in [2.05, 4.69) is 61.3 Å². The lowest BCUT2D eigenvalue weighted by Gasteiger charge is -1.89. The lowest BCUT2D eigenvalue weighted by Crippen LogP contribution is -1.91. The van der Waals surface area contributed by atoms with Crippen molar-refractivity contribution in [2.24, 2.45) is 0 Å². The van der Waals surface area contributed by atoms with Crippen molar-refractivity contribution in [3.63, 3.8) is 0 Å². The number of hydrogen-bond donors (Lipinski definition) is 1. The molecule has 0 spiro atoms. The SMILES string of the molecule is CCC=CCC=CCC=CC/C=C\CCCC=C=CCCC(=O)O. The van der Waals surface area contributed by atoms with Crippen molar-refractivity contribution in [3.8, 4) is 0 Å². The van der Waals surface area contributed by atoms with Gasteiger partial charge in [-0.15, -0.1) is 5.73 Å². The van der Waals surface area contributed by atoms with Gasteiger partial charge in [0.25, 0.3) is 0 Å². The molecule has 0 bridgehead atoms. The van der Waals surface area contributed by atoms with E-state index in [1.807, 2.05) is 6.08 Å². The summed E-state index contributed by atoms with van der Waals surface area (Å²) in [6.07, 6.45) is 29.5. The van der Waals surface area contributed by atoms with Crippen LogP contribution in [0.3, 0.4) is 0 Å². The quantitative estimate of drug-likeness (QED) is 0.223. The average molecular weight is 328 g/mol. The van der Waals surface area contributed by atoms with E-state index in [0.717, 1.165) is 44.9 Å². The number of allylic oxidation sites excluding steroid dienone is 9. The minimum absolute atomic E-state index is 0.183. The fourth-order valence-electron chi connectivity index (χ4n) is 1.88. The fraction of sp³-hybridized carbons (Fsp3) is 0.455. The summed E-state index contributed by atoms with van der Waals surface area (Å²) in [7, 11) is 0. The summed E-state index contributed by atoms with van der Waals surface area (Å²) >= 11 is 0. The van der Waals surface area contributed by atoms with Gasteiger partial charge in [0, 0.05) is 6.42 Å². The second kappa shape index (κ2) is 19.0. The molecule has 1 N–H and O–H groups in total. The summed E-state index contributed by atoms with van der Waals surface area (Å²) in [6.45, 7) is 2.15. The van der Waals surface area contributed by atoms with Crippen LogP contribution in [-0.2, 0) is 4.79 Å². The first-order valence-corrected chi connectivity index (χ1v) is 8.98. The molecule has 0 atom stereocenters. The van der Waals surface area contributed by atoms with Gasteiger partial charge in [0.15, 0.2) is 0 Å². The molecule has 0 aliphatic rings. The molecular formula is C22H32O2. The van der Waals surface area contributed by atoms with Crippen molar-refractivity contribution < 1.29 is 9.90 Å². The van der Waals surface area contributed by atoms with E-state index in [9.17, 15) is 4.79 Å². The van der Waals surface area contributed by atoms with Gasteiger partial charge < -0.3 is 5.11 Å². The van der Waals surface area contributed by atoms with Gasteiger partial charge in [0.05, 0.1) is 0 Å². The van der Waals surface area contributed by atoms with Crippen molar-refractivity contribution in [2.75, 3.05) is 0 Å². The normalized spacial score (nSPS) is 11.7. The Labute approximate surface area is 147 Å². The van der Waals surface area contributed by atoms with Gasteiger partial charge in [-0.3, -0.25) is 4.79 Å². The van der Waals surface area contributed by atoms with E-state index >= 15 is 0 Å². The lowest BCUT2D eigenvalue weighted by atomic mass is 10.2. The van der Waals surface area contributed by atoms with Gasteiger partial charge in [-0.05, 0) is 63.5 Å². The molecule has 132 valence electrons. The second-order valence-electron chi connectivity index (χ2n) is 5.44. The Morgan fingerprint density at radius 1 is 0.792 bits per heavy atom. The van der Waals surface area contributed by atoms with Crippen LogP contribution in [0.1, 0.15) is 64.7 Å². The summed E-state index contributed by atoms with van der Waals surface area (Å²) in [5.41, 5.74) is 3.03. The number of carbonyl (C=O) groups is 1. The molecule has 24 heavy (non-hydrogen) atoms. The van der Waals surface area contributed by atoms with Crippen molar-refractivity contribution in [1.82, 2.24) is 0 Å². The molecule has 0 aromatic rings. The second-order valence-corrected chi connectivity index (χ2v) is 5.44. The first kappa shape index (κ1) is 21.9. The molecule has 2 heteroatoms. The molecule has 0 saturated heterocycles. The van der Waals surface area contributed by atoms with Crippen LogP contribution in [0.4, 0.5) is 0 Å². The smallest absolute Gasteiger partial charge is 0.303 e. The molecule has 0 saturated carbocycles. The molecule has 2 nitrogen and oxygen atoms in total. The summed E-state index contributed by atoms with van der Waals surface area (Å²) < 4.78 is 0. The number of unbranched alkanes of at least 4 members (excludes halogenated alkanes) is 2. The molecule has 0 unspecified atom stereocenters. The molecule has 0 heterocycles. The number of carboxylic acids is 1. The maximum atomic E-state index is 10.3. The van der Waals surface area contributed by atoms with Gasteiger partial charge >= 0.3 is 5.97 Å². The Kier molecular flexibility index (Phi) is 17.4. The molecule has 0 aliphatic carbocycles. The van der Waals surface area contributed by atoms with Gasteiger partial charge in [0.2, 0.25) is 0 Å². The van der Waals surface area contributed by atoms with Crippen LogP contribution >= 0.6 is 0 Å². The summed E-state index contributed by atoms with van der Waals surface area (Å²) in [6, 6.07) is 0. The highest BCUT2D eigenvalue weighted by molar-refractivity contribution is 5.66. The van der Waals surface area contributed by atoms with Gasteiger partial charge in [-0.1, -0.05) is 55.5 Å². The monoisotopic (exact) mass is 328 g/mol. The topological polar surface area (TPSA) is 37.3 Å². The Bertz CT molecular complexity index is 472. The minimum Gasteiger partial charge on any atom is -0.481 e. The zero-order chi connectivity index (χ0) is 17.7. The maximum absolute atomic E-state index is 10.3. The van der Waals surface area contributed by atoms with Crippen molar-refractivity contribution >= 4 is 5.97 Å². The van der Waals surface area contributed by atoms with E-state index in [-0.39, 0.29) is 6.42 Å². The van der Waals surface area contributed by atoms with Crippen molar-refractivity contribution in [2.45, 2.75) is 64.7 Å². The number of rotatable bonds is 14. The third-order valence-electron chi connectivity index (χ3n) is 3.18. The largest absolute Gasteiger partial charge is 0.481 e. The average Bonchev–Trinajstić information content (AvgIpc) is 2.56. The Morgan fingerprint density at radius 2 is 1.33 bits per heavy atom. The third kappa shape index (κ3) is 19.9. The number of hydrogen-bond acceptors (Lipinski definition) is 1. The van der Waals surface area contributed by atoms with E-state index in [0.29, 0.717) is 6.42 Å². The van der Waals surface area contributed by atoms with Crippen LogP contribution in [-0.4, -0.2) is 11.1 Å². The van der Waals surface area contributed by atoms with Crippen molar-refractivity contribution in [3.05, 3.63) is 66.5 Å². The Morgan fingerprint density at radius 3 is 1.92 bits per heavy atom. The van der Waals surface area contributed by atoms with E-state index in [1.54, 1.807) is 6.08 Å². The zero-order valence-electron chi connectivity index (χ0n) is 15.0. The Balaban J connectivity index is 3.49. The summed E-state index contributed by atoms with van der Waals surface area (Å²) in [5.74, 6) is -0.757. The molecule has 0 aliphatic heterocycles. The molecular weight excluding hydrogens is 296 g/mol. The van der Waals surface area contributed by atoms with Crippen LogP contribution in [0.25, 0.3) is 0 Å². The predicted molar refractivity (Wildman–Crippen MR) is 104 cm³/mol. The van der Waals surface area contributed by atoms with E-state index in [1.165, 1.54) is 0 Å². The van der Waals surface area contributed by atoms with Crippen molar-refractivity contribution in [1.29, 1.82) is 0 Å². The predicted octanol–water partition coefficient (Wildman–Crippen LogP) is 6.54. The van der Waals surface area contributed by atoms with Gasteiger partial charge in [0.1, 0.15) is 0 Å². The number of carboxylic acid groups (broad SMARTS) is 1. The molecule has 0 fully saturated rings. The molecule has 0 radical (unpaired) electrons. The highest BCUT2D eigenvalue weighted by Crippen LogP contribution is 2.00. The standard InChI is InChI=1S/C22H32O2/c1-2-3-4-5-6-7-8-9-10-11-12-13-14-15-16-17-18-19-20-21-22(23)24/h3-4,6-7,9-10,12-13,17,19H,2,5,8,11,14-16,20-21H2,1H3,(H,23,24)/b4-3?,7-6?,10-9?,13-12-. The van der Waals surface area contributed by atoms with E-state index in [4.69, 9.17) is 5.11 Å². The first-order chi connectivity index (χ1) is 11.8. The Hall–Kier alpha value is -2.05. The van der Waals surface area contributed by atoms with Crippen LogP contribution < -0.4 is 0 Å². The minimum atomic E-state index is -0.757. The van der Waals surface area contributed by atoms with Crippen LogP contribution in [0, 0.1) is 0 Å². The van der Waals surface area contributed by atoms with Gasteiger partial charge in [-0.25, -0.2) is 0 Å². The molecule has 0 aromatic carbocycles. The summed E-state index contributed by atoms with van der Waals surface area (Å²) in [4.78, 5) is 10.3. The fourth-order valence-corrected chi connectivity index (χ4v) is 1.88. The highest BCUT2D eigenvalue weighted by atomic mass is 16.4. The highest BCUT2D eigenvalue weighted by Gasteiger charge is 1.90. The number of aliphatic carboxylic acids is 1.